The molecule has 1 saturated heterocycles. The number of hydrogen-bond donors (Lipinski definition) is 6. The lowest BCUT2D eigenvalue weighted by atomic mass is 9.73. The van der Waals surface area contributed by atoms with Crippen LogP contribution in [0.15, 0.2) is 109 Å². The van der Waals surface area contributed by atoms with E-state index < -0.39 is 35.4 Å². The van der Waals surface area contributed by atoms with Crippen LogP contribution in [0.4, 0.5) is 5.82 Å². The van der Waals surface area contributed by atoms with Gasteiger partial charge in [0, 0.05) is 61.9 Å². The van der Waals surface area contributed by atoms with E-state index in [0.29, 0.717) is 34.8 Å². The molecule has 4 amide bonds. The van der Waals surface area contributed by atoms with Crippen LogP contribution in [-0.2, 0) is 37.7 Å². The van der Waals surface area contributed by atoms with Crippen molar-refractivity contribution in [3.8, 4) is 38.8 Å². The number of aliphatic hydroxyl groups excluding tert-OH is 1. The van der Waals surface area contributed by atoms with Crippen molar-refractivity contribution in [1.29, 1.82) is 0 Å². The highest BCUT2D eigenvalue weighted by Gasteiger charge is 2.44. The molecule has 1 saturated carbocycles. The maximum atomic E-state index is 14.1. The quantitative estimate of drug-likeness (QED) is 0.0592. The molecule has 3 atom stereocenters. The highest BCUT2D eigenvalue weighted by atomic mass is 32.1. The summed E-state index contributed by atoms with van der Waals surface area (Å²) in [5.41, 5.74) is 23.2. The number of fused-ring (bicyclic) bond motifs is 1. The number of nitrogens with one attached hydrogen (secondary N) is 3. The molecule has 1 aliphatic carbocycles. The van der Waals surface area contributed by atoms with Crippen LogP contribution in [0, 0.1) is 12.3 Å². The summed E-state index contributed by atoms with van der Waals surface area (Å²) in [7, 11) is 0. The maximum Gasteiger partial charge on any atom is 0.246 e. The van der Waals surface area contributed by atoms with Gasteiger partial charge in [-0.1, -0.05) is 75.4 Å². The summed E-state index contributed by atoms with van der Waals surface area (Å²) >= 11 is 1.57. The van der Waals surface area contributed by atoms with Gasteiger partial charge in [-0.3, -0.25) is 23.7 Å². The Kier molecular flexibility index (Phi) is 14.3. The molecule has 8 N–H and O–H groups in total. The number of aromatic nitrogens is 5. The van der Waals surface area contributed by atoms with Gasteiger partial charge in [0.15, 0.2) is 11.5 Å². The average molecular weight is 988 g/mol. The molecule has 72 heavy (non-hydrogen) atoms. The fourth-order valence-corrected chi connectivity index (χ4v) is 10.3. The number of anilines is 1. The van der Waals surface area contributed by atoms with Crippen molar-refractivity contribution in [3.63, 3.8) is 0 Å². The minimum absolute atomic E-state index is 0.0342. The topological polar surface area (TPSA) is 236 Å². The van der Waals surface area contributed by atoms with Crippen LogP contribution in [0.3, 0.4) is 0 Å². The van der Waals surface area contributed by atoms with Crippen LogP contribution in [-0.4, -0.2) is 89.4 Å². The van der Waals surface area contributed by atoms with Gasteiger partial charge in [0.2, 0.25) is 23.6 Å². The SMILES string of the molecule is Cc1ncsc1-c1ccc(CNC(=O)[C@@H]2C[C@@H](O)CN2C(=O)C(NC(=O)CCNC(=O)CCc2cccc(-c3ccc4nc(-c5cccnc5N)n(-c5ccc(C6(N)CCC6)cc5)c4n3)c2)C(C)(C)C)cc1. The number of imidazole rings is 1. The van der Waals surface area contributed by atoms with E-state index in [1.54, 1.807) is 17.5 Å². The van der Waals surface area contributed by atoms with Crippen molar-refractivity contribution in [1.82, 2.24) is 45.4 Å². The third kappa shape index (κ3) is 10.8. The van der Waals surface area contributed by atoms with Crippen LogP contribution in [0.25, 0.3) is 49.9 Å². The smallest absolute Gasteiger partial charge is 0.246 e. The second-order valence-corrected chi connectivity index (χ2v) is 20.9. The number of likely N-dealkylation sites (tertiary alicyclic amines) is 1. The van der Waals surface area contributed by atoms with E-state index >= 15 is 0 Å². The largest absolute Gasteiger partial charge is 0.391 e. The number of hydrogen-bond acceptors (Lipinski definition) is 12. The van der Waals surface area contributed by atoms with Crippen molar-refractivity contribution in [2.75, 3.05) is 18.8 Å². The third-order valence-electron chi connectivity index (χ3n) is 13.8. The molecule has 2 fully saturated rings. The number of rotatable bonds is 16. The summed E-state index contributed by atoms with van der Waals surface area (Å²) in [5.74, 6) is -0.512. The van der Waals surface area contributed by atoms with Gasteiger partial charge in [-0.15, -0.1) is 11.3 Å². The molecule has 16 nitrogen and oxygen atoms in total. The Balaban J connectivity index is 0.797. The Morgan fingerprint density at radius 2 is 1.65 bits per heavy atom. The standard InChI is InChI=1S/C55H61N11O5S/c1-33-47(72-32-61-33)36-14-11-35(12-15-36)30-60-52(70)44-29-40(67)31-65(44)53(71)48(54(2,3)4)64-46(69)23-27-58-45(68)22-13-34-8-5-9-37(28-34)42-20-21-43-51(62-42)66(50(63-43)41-10-6-26-59-49(41)56)39-18-16-38(17-19-39)55(57)24-7-25-55/h5-6,8-12,14-21,26,28,32,40,44,48,67H,7,13,22-25,27,29-31,57H2,1-4H3,(H2,56,59)(H,58,68)(H,60,70)(H,64,69)/t40-,44+,48?/m1/s1. The molecule has 7 aromatic rings. The summed E-state index contributed by atoms with van der Waals surface area (Å²) in [5, 5.41) is 19.3. The highest BCUT2D eigenvalue weighted by molar-refractivity contribution is 7.13. The second-order valence-electron chi connectivity index (χ2n) is 20.0. The van der Waals surface area contributed by atoms with E-state index in [2.05, 4.69) is 38.1 Å². The predicted molar refractivity (Wildman–Crippen MR) is 279 cm³/mol. The fraction of sp³-hybridized carbons (Fsp3) is 0.345. The van der Waals surface area contributed by atoms with E-state index in [0.717, 1.165) is 69.0 Å². The summed E-state index contributed by atoms with van der Waals surface area (Å²) in [6.07, 6.45) is 4.44. The van der Waals surface area contributed by atoms with Crippen molar-refractivity contribution < 1.29 is 24.3 Å². The molecule has 1 unspecified atom stereocenters. The van der Waals surface area contributed by atoms with Crippen LogP contribution < -0.4 is 27.4 Å². The Morgan fingerprint density at radius 3 is 2.35 bits per heavy atom. The molecule has 1 aliphatic heterocycles. The van der Waals surface area contributed by atoms with Gasteiger partial charge in [0.25, 0.3) is 0 Å². The molecule has 0 bridgehead atoms. The van der Waals surface area contributed by atoms with Gasteiger partial charge in [0.05, 0.1) is 33.4 Å². The fourth-order valence-electron chi connectivity index (χ4n) is 9.50. The highest BCUT2D eigenvalue weighted by Crippen LogP contribution is 2.40. The lowest BCUT2D eigenvalue weighted by Gasteiger charge is -2.38. The summed E-state index contributed by atoms with van der Waals surface area (Å²) in [6, 6.07) is 29.7. The number of aryl methyl sites for hydroxylation is 2. The van der Waals surface area contributed by atoms with Crippen molar-refractivity contribution in [2.24, 2.45) is 11.1 Å². The Hall–Kier alpha value is -7.34. The van der Waals surface area contributed by atoms with Crippen molar-refractivity contribution in [3.05, 3.63) is 131 Å². The van der Waals surface area contributed by atoms with Crippen LogP contribution in [0.5, 0.6) is 0 Å². The second kappa shape index (κ2) is 20.8. The maximum absolute atomic E-state index is 14.1. The van der Waals surface area contributed by atoms with Gasteiger partial charge in [-0.25, -0.2) is 19.9 Å². The summed E-state index contributed by atoms with van der Waals surface area (Å²) in [6.45, 7) is 7.73. The zero-order valence-corrected chi connectivity index (χ0v) is 41.8. The van der Waals surface area contributed by atoms with E-state index in [9.17, 15) is 24.3 Å². The van der Waals surface area contributed by atoms with Gasteiger partial charge in [-0.05, 0) is 103 Å². The summed E-state index contributed by atoms with van der Waals surface area (Å²) in [4.78, 5) is 75.4. The average Bonchev–Trinajstić information content (AvgIpc) is 4.09. The van der Waals surface area contributed by atoms with Crippen molar-refractivity contribution >= 4 is 51.9 Å². The monoisotopic (exact) mass is 987 g/mol. The van der Waals surface area contributed by atoms with Gasteiger partial charge in [0.1, 0.15) is 23.4 Å². The number of aliphatic hydroxyl groups is 1. The first-order valence-corrected chi connectivity index (χ1v) is 25.3. The zero-order chi connectivity index (χ0) is 50.7. The molecular weight excluding hydrogens is 927 g/mol. The Morgan fingerprint density at radius 1 is 0.875 bits per heavy atom. The van der Waals surface area contributed by atoms with Crippen LogP contribution in [0.1, 0.15) is 81.7 Å². The van der Waals surface area contributed by atoms with Crippen LogP contribution in [0.2, 0.25) is 0 Å². The molecule has 17 heteroatoms. The van der Waals surface area contributed by atoms with E-state index in [1.165, 1.54) is 4.90 Å². The van der Waals surface area contributed by atoms with Crippen molar-refractivity contribution in [2.45, 2.75) is 103 Å². The first kappa shape index (κ1) is 49.6. The third-order valence-corrected chi connectivity index (χ3v) is 14.8. The lowest BCUT2D eigenvalue weighted by Crippen LogP contribution is -2.57. The number of carbonyl (C=O) groups excluding carboxylic acids is 4. The number of benzene rings is 3. The molecule has 0 radical (unpaired) electrons. The molecule has 0 spiro atoms. The van der Waals surface area contributed by atoms with E-state index in [1.807, 2.05) is 123 Å². The first-order valence-electron chi connectivity index (χ1n) is 24.5. The number of nitrogen functional groups attached to an aromatic ring is 1. The Bertz CT molecular complexity index is 3120. The predicted octanol–water partition coefficient (Wildman–Crippen LogP) is 6.75. The number of amides is 4. The zero-order valence-electron chi connectivity index (χ0n) is 41.0. The number of thiazole rings is 1. The minimum Gasteiger partial charge on any atom is -0.391 e. The van der Waals surface area contributed by atoms with Gasteiger partial charge in [-0.2, -0.15) is 0 Å². The molecule has 2 aliphatic rings. The lowest BCUT2D eigenvalue weighted by molar-refractivity contribution is -0.144. The number of nitrogens with two attached hydrogens (primary N) is 2. The van der Waals surface area contributed by atoms with Crippen LogP contribution >= 0.6 is 11.3 Å². The molecule has 3 aromatic carbocycles. The Labute approximate surface area is 422 Å². The number of pyridine rings is 2. The van der Waals surface area contributed by atoms with E-state index in [4.69, 9.17) is 21.4 Å². The van der Waals surface area contributed by atoms with E-state index in [-0.39, 0.29) is 56.3 Å². The molecule has 9 rings (SSSR count). The first-order chi connectivity index (χ1) is 34.5. The molecule has 372 valence electrons. The normalized spacial score (nSPS) is 16.8. The minimum atomic E-state index is -0.989. The van der Waals surface area contributed by atoms with Gasteiger partial charge < -0.3 is 37.4 Å². The number of β-amino-alcohol motifs (C(OH)–C–C–N with tert-alkyl or cyclic N) is 1. The molecular formula is C55H61N11O5S. The number of carbonyl (C=O) groups is 4. The summed E-state index contributed by atoms with van der Waals surface area (Å²) < 4.78 is 2.00. The molecule has 4 aromatic heterocycles. The van der Waals surface area contributed by atoms with Gasteiger partial charge >= 0.3 is 0 Å². The number of nitrogens with zero attached hydrogens (tertiary/aromatic N) is 6. The molecule has 5 heterocycles.